The van der Waals surface area contributed by atoms with Gasteiger partial charge in [0.15, 0.2) is 5.82 Å². The second kappa shape index (κ2) is 5.13. The molecule has 4 aromatic rings. The van der Waals surface area contributed by atoms with Gasteiger partial charge in [0.2, 0.25) is 0 Å². The van der Waals surface area contributed by atoms with Crippen LogP contribution in [-0.2, 0) is 6.61 Å². The number of aliphatic hydroxyl groups is 1. The van der Waals surface area contributed by atoms with E-state index in [-0.39, 0.29) is 6.61 Å². The first-order valence-electron chi connectivity index (χ1n) is 7.04. The molecule has 0 saturated heterocycles. The Morgan fingerprint density at radius 1 is 1.00 bits per heavy atom. The molecule has 0 saturated carbocycles. The van der Waals surface area contributed by atoms with Crippen molar-refractivity contribution in [3.8, 4) is 22.8 Å². The smallest absolute Gasteiger partial charge is 0.156 e. The number of hydrogen-bond acceptors (Lipinski definition) is 3. The van der Waals surface area contributed by atoms with E-state index in [4.69, 9.17) is 5.11 Å². The van der Waals surface area contributed by atoms with Crippen LogP contribution in [-0.4, -0.2) is 25.3 Å². The molecular formula is C17H14N4O. The summed E-state index contributed by atoms with van der Waals surface area (Å²) in [6, 6.07) is 17.6. The number of rotatable bonds is 3. The van der Waals surface area contributed by atoms with Crippen LogP contribution >= 0.6 is 0 Å². The fraction of sp³-hybridized carbons (Fsp3) is 0.0588. The monoisotopic (exact) mass is 290 g/mol. The van der Waals surface area contributed by atoms with Gasteiger partial charge in [0.1, 0.15) is 5.69 Å². The lowest BCUT2D eigenvalue weighted by molar-refractivity contribution is 0.282. The van der Waals surface area contributed by atoms with Crippen LogP contribution in [0.1, 0.15) is 5.56 Å². The highest BCUT2D eigenvalue weighted by Gasteiger charge is 2.09. The van der Waals surface area contributed by atoms with Crippen molar-refractivity contribution in [2.45, 2.75) is 6.61 Å². The summed E-state index contributed by atoms with van der Waals surface area (Å²) in [5.41, 5.74) is 5.51. The van der Waals surface area contributed by atoms with Crippen LogP contribution in [0.25, 0.3) is 33.8 Å². The predicted molar refractivity (Wildman–Crippen MR) is 85.0 cm³/mol. The first-order chi connectivity index (χ1) is 10.8. The molecule has 22 heavy (non-hydrogen) atoms. The van der Waals surface area contributed by atoms with Crippen LogP contribution in [0.5, 0.6) is 0 Å². The third-order valence-electron chi connectivity index (χ3n) is 3.65. The standard InChI is InChI=1S/C17H14N4O/c22-10-11-5-7-12(8-6-11)15-9-16(21-20-15)17-18-13-3-1-2-4-14(13)19-17/h1-9,22H,10H2,(H,18,19)(H,20,21). The summed E-state index contributed by atoms with van der Waals surface area (Å²) in [5, 5.41) is 16.4. The van der Waals surface area contributed by atoms with Gasteiger partial charge in [-0.05, 0) is 23.8 Å². The van der Waals surface area contributed by atoms with Crippen LogP contribution < -0.4 is 0 Å². The zero-order chi connectivity index (χ0) is 14.9. The van der Waals surface area contributed by atoms with Crippen molar-refractivity contribution in [3.63, 3.8) is 0 Å². The van der Waals surface area contributed by atoms with Gasteiger partial charge in [0.25, 0.3) is 0 Å². The van der Waals surface area contributed by atoms with Crippen LogP contribution in [0.15, 0.2) is 54.6 Å². The van der Waals surface area contributed by atoms with Gasteiger partial charge < -0.3 is 10.1 Å². The molecule has 0 aliphatic heterocycles. The Balaban J connectivity index is 1.70. The van der Waals surface area contributed by atoms with Gasteiger partial charge in [-0.2, -0.15) is 5.10 Å². The van der Waals surface area contributed by atoms with Gasteiger partial charge in [-0.3, -0.25) is 5.10 Å². The number of fused-ring (bicyclic) bond motifs is 1. The van der Waals surface area contributed by atoms with Gasteiger partial charge in [0, 0.05) is 5.56 Å². The number of H-pyrrole nitrogens is 2. The molecule has 2 heterocycles. The summed E-state index contributed by atoms with van der Waals surface area (Å²) in [6.45, 7) is 0.0467. The van der Waals surface area contributed by atoms with E-state index < -0.39 is 0 Å². The summed E-state index contributed by atoms with van der Waals surface area (Å²) < 4.78 is 0. The molecule has 4 rings (SSSR count). The molecule has 3 N–H and O–H groups in total. The number of aromatic nitrogens is 4. The largest absolute Gasteiger partial charge is 0.392 e. The SMILES string of the molecule is OCc1ccc(-c2cc(-c3nc4ccccc4[nH]3)[nH]n2)cc1. The molecule has 0 bridgehead atoms. The summed E-state index contributed by atoms with van der Waals surface area (Å²) in [6.07, 6.45) is 0. The molecule has 2 aromatic carbocycles. The second-order valence-corrected chi connectivity index (χ2v) is 5.12. The number of para-hydroxylation sites is 2. The molecule has 108 valence electrons. The maximum atomic E-state index is 9.09. The number of nitrogens with zero attached hydrogens (tertiary/aromatic N) is 2. The molecule has 0 spiro atoms. The number of imidazole rings is 1. The zero-order valence-electron chi connectivity index (χ0n) is 11.7. The van der Waals surface area contributed by atoms with E-state index >= 15 is 0 Å². The molecule has 5 heteroatoms. The van der Waals surface area contributed by atoms with Crippen LogP contribution in [0.4, 0.5) is 0 Å². The minimum Gasteiger partial charge on any atom is -0.392 e. The summed E-state index contributed by atoms with van der Waals surface area (Å²) in [4.78, 5) is 7.84. The van der Waals surface area contributed by atoms with E-state index in [9.17, 15) is 0 Å². The first-order valence-corrected chi connectivity index (χ1v) is 7.04. The van der Waals surface area contributed by atoms with Crippen molar-refractivity contribution in [3.05, 3.63) is 60.2 Å². The lowest BCUT2D eigenvalue weighted by atomic mass is 10.1. The van der Waals surface area contributed by atoms with Gasteiger partial charge >= 0.3 is 0 Å². The molecule has 5 nitrogen and oxygen atoms in total. The average Bonchev–Trinajstić information content (AvgIpc) is 3.21. The van der Waals surface area contributed by atoms with Crippen LogP contribution in [0.2, 0.25) is 0 Å². The minimum atomic E-state index is 0.0467. The van der Waals surface area contributed by atoms with Gasteiger partial charge in [-0.25, -0.2) is 4.98 Å². The molecule has 0 fully saturated rings. The normalized spacial score (nSPS) is 11.1. The molecule has 0 aliphatic carbocycles. The highest BCUT2D eigenvalue weighted by molar-refractivity contribution is 5.79. The van der Waals surface area contributed by atoms with Crippen LogP contribution in [0, 0.1) is 0 Å². The number of aliphatic hydroxyl groups excluding tert-OH is 1. The van der Waals surface area contributed by atoms with Crippen molar-refractivity contribution in [2.75, 3.05) is 0 Å². The molecule has 0 unspecified atom stereocenters. The molecule has 2 aromatic heterocycles. The van der Waals surface area contributed by atoms with Gasteiger partial charge in [-0.15, -0.1) is 0 Å². The second-order valence-electron chi connectivity index (χ2n) is 5.12. The fourth-order valence-electron chi connectivity index (χ4n) is 2.45. The van der Waals surface area contributed by atoms with E-state index in [0.29, 0.717) is 0 Å². The molecular weight excluding hydrogens is 276 g/mol. The zero-order valence-corrected chi connectivity index (χ0v) is 11.7. The lowest BCUT2D eigenvalue weighted by Crippen LogP contribution is -1.83. The topological polar surface area (TPSA) is 77.6 Å². The Bertz CT molecular complexity index is 888. The molecule has 0 amide bonds. The number of nitrogens with one attached hydrogen (secondary N) is 2. The Morgan fingerprint density at radius 2 is 1.82 bits per heavy atom. The quantitative estimate of drug-likeness (QED) is 0.542. The van der Waals surface area contributed by atoms with E-state index in [2.05, 4.69) is 20.2 Å². The van der Waals surface area contributed by atoms with E-state index in [1.165, 1.54) is 0 Å². The van der Waals surface area contributed by atoms with Crippen LogP contribution in [0.3, 0.4) is 0 Å². The Labute approximate surface area is 126 Å². The summed E-state index contributed by atoms with van der Waals surface area (Å²) in [7, 11) is 0. The average molecular weight is 290 g/mol. The summed E-state index contributed by atoms with van der Waals surface area (Å²) in [5.74, 6) is 0.770. The summed E-state index contributed by atoms with van der Waals surface area (Å²) >= 11 is 0. The van der Waals surface area contributed by atoms with Crippen molar-refractivity contribution >= 4 is 11.0 Å². The molecule has 0 aliphatic rings. The number of benzene rings is 2. The van der Waals surface area contributed by atoms with Crippen molar-refractivity contribution < 1.29 is 5.11 Å². The molecule has 0 radical (unpaired) electrons. The van der Waals surface area contributed by atoms with Crippen molar-refractivity contribution in [2.24, 2.45) is 0 Å². The predicted octanol–water partition coefficient (Wildman–Crippen LogP) is 3.11. The fourth-order valence-corrected chi connectivity index (χ4v) is 2.45. The van der Waals surface area contributed by atoms with Gasteiger partial charge in [-0.1, -0.05) is 36.4 Å². The third kappa shape index (κ3) is 2.17. The number of aromatic amines is 2. The third-order valence-corrected chi connectivity index (χ3v) is 3.65. The van der Waals surface area contributed by atoms with E-state index in [0.717, 1.165) is 39.4 Å². The van der Waals surface area contributed by atoms with Crippen molar-refractivity contribution in [1.82, 2.24) is 20.2 Å². The Morgan fingerprint density at radius 3 is 2.59 bits per heavy atom. The molecule has 0 atom stereocenters. The Kier molecular flexibility index (Phi) is 2.98. The highest BCUT2D eigenvalue weighted by Crippen LogP contribution is 2.24. The first kappa shape index (κ1) is 12.8. The highest BCUT2D eigenvalue weighted by atomic mass is 16.3. The van der Waals surface area contributed by atoms with E-state index in [1.54, 1.807) is 0 Å². The minimum absolute atomic E-state index is 0.0467. The maximum Gasteiger partial charge on any atom is 0.156 e. The Hall–Kier alpha value is -2.92. The number of hydrogen-bond donors (Lipinski definition) is 3. The maximum absolute atomic E-state index is 9.09. The van der Waals surface area contributed by atoms with Gasteiger partial charge in [0.05, 0.1) is 23.3 Å². The van der Waals surface area contributed by atoms with Crippen molar-refractivity contribution in [1.29, 1.82) is 0 Å². The van der Waals surface area contributed by atoms with E-state index in [1.807, 2.05) is 54.6 Å². The lowest BCUT2D eigenvalue weighted by Gasteiger charge is -1.98.